The number of hydrogen-bond acceptors (Lipinski definition) is 5. The van der Waals surface area contributed by atoms with Crippen LogP contribution in [0.25, 0.3) is 0 Å². The van der Waals surface area contributed by atoms with E-state index in [1.807, 2.05) is 13.0 Å². The number of allylic oxidation sites excluding steroid dienone is 1. The number of anilines is 1. The molecule has 32 heavy (non-hydrogen) atoms. The number of carbonyl (C=O) groups excluding carboxylic acids is 2. The van der Waals surface area contributed by atoms with Gasteiger partial charge in [-0.05, 0) is 36.8 Å². The summed E-state index contributed by atoms with van der Waals surface area (Å²) < 4.78 is 1.79. The zero-order chi connectivity index (χ0) is 23.1. The van der Waals surface area contributed by atoms with Crippen LogP contribution in [-0.2, 0) is 17.9 Å². The van der Waals surface area contributed by atoms with Gasteiger partial charge in [0.1, 0.15) is 0 Å². The van der Waals surface area contributed by atoms with Crippen molar-refractivity contribution in [3.8, 4) is 0 Å². The van der Waals surface area contributed by atoms with Crippen molar-refractivity contribution in [1.82, 2.24) is 20.1 Å². The highest BCUT2D eigenvalue weighted by Gasteiger charge is 2.16. The molecule has 10 heteroatoms. The zero-order valence-corrected chi connectivity index (χ0v) is 19.6. The third-order valence-electron chi connectivity index (χ3n) is 4.42. The van der Waals surface area contributed by atoms with E-state index >= 15 is 0 Å². The van der Waals surface area contributed by atoms with E-state index in [0.29, 0.717) is 38.8 Å². The fourth-order valence-electron chi connectivity index (χ4n) is 2.77. The monoisotopic (exact) mass is 489 g/mol. The minimum Gasteiger partial charge on any atom is -0.345 e. The van der Waals surface area contributed by atoms with E-state index in [9.17, 15) is 9.59 Å². The van der Waals surface area contributed by atoms with Crippen molar-refractivity contribution in [2.75, 3.05) is 11.1 Å². The number of hydrogen-bond donors (Lipinski definition) is 2. The maximum absolute atomic E-state index is 12.4. The molecule has 1 aromatic heterocycles. The van der Waals surface area contributed by atoms with Crippen molar-refractivity contribution in [3.05, 3.63) is 82.1 Å². The van der Waals surface area contributed by atoms with Gasteiger partial charge in [-0.15, -0.1) is 16.8 Å². The molecule has 3 rings (SSSR count). The number of carbonyl (C=O) groups is 2. The van der Waals surface area contributed by atoms with Crippen molar-refractivity contribution in [2.24, 2.45) is 0 Å². The molecule has 0 saturated heterocycles. The van der Waals surface area contributed by atoms with E-state index in [-0.39, 0.29) is 24.1 Å². The van der Waals surface area contributed by atoms with Crippen LogP contribution in [0.4, 0.5) is 5.69 Å². The van der Waals surface area contributed by atoms with E-state index in [2.05, 4.69) is 27.4 Å². The van der Waals surface area contributed by atoms with Crippen molar-refractivity contribution >= 4 is 52.5 Å². The summed E-state index contributed by atoms with van der Waals surface area (Å²) in [7, 11) is 0. The molecule has 0 radical (unpaired) electrons. The highest BCUT2D eigenvalue weighted by molar-refractivity contribution is 7.99. The molecule has 0 bridgehead atoms. The van der Waals surface area contributed by atoms with E-state index in [1.165, 1.54) is 11.8 Å². The Kier molecular flexibility index (Phi) is 8.33. The number of rotatable bonds is 9. The highest BCUT2D eigenvalue weighted by atomic mass is 35.5. The van der Waals surface area contributed by atoms with E-state index < -0.39 is 0 Å². The lowest BCUT2D eigenvalue weighted by Crippen LogP contribution is -2.25. The molecular weight excluding hydrogens is 469 g/mol. The summed E-state index contributed by atoms with van der Waals surface area (Å²) in [5.74, 6) is 0.163. The summed E-state index contributed by atoms with van der Waals surface area (Å²) in [6.45, 7) is 6.23. The normalized spacial score (nSPS) is 10.6. The van der Waals surface area contributed by atoms with Gasteiger partial charge in [0.25, 0.3) is 5.91 Å². The Labute approximate surface area is 200 Å². The van der Waals surface area contributed by atoms with Gasteiger partial charge in [0.05, 0.1) is 22.9 Å². The summed E-state index contributed by atoms with van der Waals surface area (Å²) in [4.78, 5) is 24.7. The minimum absolute atomic E-state index is 0.132. The second kappa shape index (κ2) is 11.2. The van der Waals surface area contributed by atoms with Crippen LogP contribution in [0.3, 0.4) is 0 Å². The van der Waals surface area contributed by atoms with Crippen LogP contribution in [0.15, 0.2) is 60.3 Å². The lowest BCUT2D eigenvalue weighted by Gasteiger charge is -2.10. The first-order chi connectivity index (χ1) is 15.4. The number of aromatic nitrogens is 3. The Balaban J connectivity index is 1.61. The fraction of sp³-hybridized carbons (Fsp3) is 0.182. The lowest BCUT2D eigenvalue weighted by molar-refractivity contribution is -0.113. The SMILES string of the molecule is C=CCn1c(CNC(=O)c2ccccc2Cl)nnc1SCC(=O)Nc1ccc(C)c(Cl)c1. The number of amides is 2. The Hall–Kier alpha value is -2.81. The number of halogens is 2. The molecule has 0 spiro atoms. The standard InChI is InChI=1S/C22H21Cl2N5O2S/c1-3-10-29-19(12-25-21(31)16-6-4-5-7-17(16)23)27-28-22(29)32-13-20(30)26-15-9-8-14(2)18(24)11-15/h3-9,11H,1,10,12-13H2,2H3,(H,25,31)(H,26,30). The topological polar surface area (TPSA) is 88.9 Å². The summed E-state index contributed by atoms with van der Waals surface area (Å²) >= 11 is 13.4. The Morgan fingerprint density at radius 2 is 1.94 bits per heavy atom. The van der Waals surface area contributed by atoms with Crippen LogP contribution in [0.5, 0.6) is 0 Å². The average Bonchev–Trinajstić information content (AvgIpc) is 3.15. The maximum Gasteiger partial charge on any atom is 0.253 e. The molecule has 2 aromatic carbocycles. The first kappa shape index (κ1) is 23.8. The predicted octanol–water partition coefficient (Wildman–Crippen LogP) is 4.74. The van der Waals surface area contributed by atoms with Gasteiger partial charge in [-0.25, -0.2) is 0 Å². The summed E-state index contributed by atoms with van der Waals surface area (Å²) in [5.41, 5.74) is 1.94. The lowest BCUT2D eigenvalue weighted by atomic mass is 10.2. The van der Waals surface area contributed by atoms with Gasteiger partial charge in [-0.3, -0.25) is 9.59 Å². The number of nitrogens with one attached hydrogen (secondary N) is 2. The molecule has 0 saturated carbocycles. The number of thioether (sulfide) groups is 1. The van der Waals surface area contributed by atoms with Crippen molar-refractivity contribution in [2.45, 2.75) is 25.2 Å². The average molecular weight is 490 g/mol. The van der Waals surface area contributed by atoms with Crippen LogP contribution in [0.2, 0.25) is 10.0 Å². The first-order valence-corrected chi connectivity index (χ1v) is 11.4. The van der Waals surface area contributed by atoms with Gasteiger partial charge in [0.15, 0.2) is 11.0 Å². The van der Waals surface area contributed by atoms with Gasteiger partial charge in [0, 0.05) is 17.3 Å². The molecule has 2 N–H and O–H groups in total. The van der Waals surface area contributed by atoms with Crippen LogP contribution in [-0.4, -0.2) is 32.3 Å². The zero-order valence-electron chi connectivity index (χ0n) is 17.3. The molecule has 2 amide bonds. The van der Waals surface area contributed by atoms with Gasteiger partial charge >= 0.3 is 0 Å². The van der Waals surface area contributed by atoms with Crippen LogP contribution < -0.4 is 10.6 Å². The van der Waals surface area contributed by atoms with E-state index in [1.54, 1.807) is 47.0 Å². The molecule has 0 fully saturated rings. The quantitative estimate of drug-likeness (QED) is 0.334. The Morgan fingerprint density at radius 1 is 1.16 bits per heavy atom. The van der Waals surface area contributed by atoms with Gasteiger partial charge in [0.2, 0.25) is 5.91 Å². The van der Waals surface area contributed by atoms with Gasteiger partial charge in [-0.2, -0.15) is 0 Å². The third-order valence-corrected chi connectivity index (χ3v) is 6.12. The third kappa shape index (κ3) is 6.12. The van der Waals surface area contributed by atoms with Crippen LogP contribution in [0, 0.1) is 6.92 Å². The Morgan fingerprint density at radius 3 is 2.66 bits per heavy atom. The number of nitrogens with zero attached hydrogens (tertiary/aromatic N) is 3. The second-order valence-electron chi connectivity index (χ2n) is 6.76. The van der Waals surface area contributed by atoms with Crippen LogP contribution in [0.1, 0.15) is 21.7 Å². The molecular formula is C22H21Cl2N5O2S. The maximum atomic E-state index is 12.4. The second-order valence-corrected chi connectivity index (χ2v) is 8.52. The first-order valence-electron chi connectivity index (χ1n) is 9.63. The molecule has 166 valence electrons. The van der Waals surface area contributed by atoms with Crippen molar-refractivity contribution < 1.29 is 9.59 Å². The van der Waals surface area contributed by atoms with Crippen molar-refractivity contribution in [1.29, 1.82) is 0 Å². The summed E-state index contributed by atoms with van der Waals surface area (Å²) in [5, 5.41) is 15.4. The minimum atomic E-state index is -0.311. The highest BCUT2D eigenvalue weighted by Crippen LogP contribution is 2.22. The molecule has 0 unspecified atom stereocenters. The molecule has 0 atom stereocenters. The van der Waals surface area contributed by atoms with E-state index in [0.717, 1.165) is 5.56 Å². The fourth-order valence-corrected chi connectivity index (χ4v) is 3.94. The molecule has 0 aliphatic rings. The molecule has 1 heterocycles. The van der Waals surface area contributed by atoms with Gasteiger partial charge in [-0.1, -0.05) is 59.2 Å². The molecule has 7 nitrogen and oxygen atoms in total. The smallest absolute Gasteiger partial charge is 0.253 e. The molecule has 0 aliphatic heterocycles. The number of aryl methyl sites for hydroxylation is 1. The molecule has 0 aliphatic carbocycles. The predicted molar refractivity (Wildman–Crippen MR) is 128 cm³/mol. The Bertz CT molecular complexity index is 1150. The van der Waals surface area contributed by atoms with Crippen LogP contribution >= 0.6 is 35.0 Å². The summed E-state index contributed by atoms with van der Waals surface area (Å²) in [6.07, 6.45) is 1.70. The summed E-state index contributed by atoms with van der Waals surface area (Å²) in [6, 6.07) is 12.1. The largest absolute Gasteiger partial charge is 0.345 e. The van der Waals surface area contributed by atoms with Gasteiger partial charge < -0.3 is 15.2 Å². The van der Waals surface area contributed by atoms with Crippen molar-refractivity contribution in [3.63, 3.8) is 0 Å². The molecule has 3 aromatic rings. The number of benzene rings is 2. The van der Waals surface area contributed by atoms with E-state index in [4.69, 9.17) is 23.2 Å².